The van der Waals surface area contributed by atoms with Crippen LogP contribution >= 0.6 is 0 Å². The molecule has 0 aromatic carbocycles. The van der Waals surface area contributed by atoms with Gasteiger partial charge in [-0.05, 0) is 13.8 Å². The molecule has 0 bridgehead atoms. The van der Waals surface area contributed by atoms with Crippen LogP contribution in [0.15, 0.2) is 0 Å². The molecule has 1 spiro atoms. The molecule has 2 heterocycles. The van der Waals surface area contributed by atoms with Crippen molar-refractivity contribution in [3.8, 4) is 0 Å². The van der Waals surface area contributed by atoms with E-state index in [9.17, 15) is 5.11 Å². The number of aliphatic hydroxyl groups excluding tert-OH is 1. The van der Waals surface area contributed by atoms with Crippen LogP contribution in [-0.4, -0.2) is 48.2 Å². The van der Waals surface area contributed by atoms with Crippen LogP contribution in [0.1, 0.15) is 20.3 Å². The summed E-state index contributed by atoms with van der Waals surface area (Å²) >= 11 is 0. The molecule has 2 saturated heterocycles. The molecule has 0 aromatic heterocycles. The van der Waals surface area contributed by atoms with Crippen molar-refractivity contribution in [2.24, 2.45) is 0 Å². The molecule has 3 rings (SSSR count). The molecule has 2 unspecified atom stereocenters. The third kappa shape index (κ3) is 1.21. The first-order valence-corrected chi connectivity index (χ1v) is 5.23. The summed E-state index contributed by atoms with van der Waals surface area (Å²) in [5.41, 5.74) is -0.584. The third-order valence-electron chi connectivity index (χ3n) is 3.36. The lowest BCUT2D eigenvalue weighted by molar-refractivity contribution is -0.236. The van der Waals surface area contributed by atoms with Crippen molar-refractivity contribution >= 4 is 0 Å². The second-order valence-electron chi connectivity index (χ2n) is 4.92. The Balaban J connectivity index is 1.88. The first kappa shape index (κ1) is 9.99. The molecule has 5 atom stereocenters. The Kier molecular flexibility index (Phi) is 1.81. The summed E-state index contributed by atoms with van der Waals surface area (Å²) in [6, 6.07) is 0. The summed E-state index contributed by atoms with van der Waals surface area (Å²) in [5, 5.41) is 9.63. The molecule has 15 heavy (non-hydrogen) atoms. The zero-order chi connectivity index (χ0) is 10.8. The van der Waals surface area contributed by atoms with E-state index in [1.54, 1.807) is 7.11 Å². The minimum absolute atomic E-state index is 0.215. The molecule has 2 aliphatic heterocycles. The van der Waals surface area contributed by atoms with Crippen molar-refractivity contribution in [1.82, 2.24) is 0 Å². The molecule has 3 fully saturated rings. The Labute approximate surface area is 88.3 Å². The normalized spacial score (nSPS) is 56.0. The molecule has 5 heteroatoms. The molecule has 0 aromatic rings. The fraction of sp³-hybridized carbons (Fsp3) is 1.00. The third-order valence-corrected chi connectivity index (χ3v) is 3.36. The largest absolute Gasteiger partial charge is 0.390 e. The highest BCUT2D eigenvalue weighted by Crippen LogP contribution is 2.56. The maximum atomic E-state index is 9.63. The number of hydrogen-bond acceptors (Lipinski definition) is 5. The van der Waals surface area contributed by atoms with E-state index >= 15 is 0 Å². The number of fused-ring (bicyclic) bond motifs is 2. The lowest BCUT2D eigenvalue weighted by atomic mass is 10.1. The average Bonchev–Trinajstić information content (AvgIpc) is 2.53. The fourth-order valence-electron chi connectivity index (χ4n) is 2.57. The molecule has 0 amide bonds. The molecule has 1 aliphatic carbocycles. The van der Waals surface area contributed by atoms with Crippen molar-refractivity contribution in [3.05, 3.63) is 0 Å². The molecule has 1 saturated carbocycles. The maximum Gasteiger partial charge on any atom is 0.187 e. The Morgan fingerprint density at radius 3 is 2.47 bits per heavy atom. The van der Waals surface area contributed by atoms with Crippen LogP contribution in [0.3, 0.4) is 0 Å². The molecule has 5 nitrogen and oxygen atoms in total. The Morgan fingerprint density at radius 1 is 1.27 bits per heavy atom. The fourth-order valence-corrected chi connectivity index (χ4v) is 2.57. The van der Waals surface area contributed by atoms with Crippen molar-refractivity contribution in [2.45, 2.75) is 56.3 Å². The van der Waals surface area contributed by atoms with Gasteiger partial charge in [0.1, 0.15) is 17.8 Å². The van der Waals surface area contributed by atoms with Crippen LogP contribution < -0.4 is 0 Å². The van der Waals surface area contributed by atoms with Gasteiger partial charge in [0, 0.05) is 13.5 Å². The molecule has 0 radical (unpaired) electrons. The number of aliphatic hydroxyl groups is 1. The topological polar surface area (TPSA) is 57.2 Å². The van der Waals surface area contributed by atoms with Gasteiger partial charge >= 0.3 is 0 Å². The summed E-state index contributed by atoms with van der Waals surface area (Å²) in [6.07, 6.45) is -0.737. The van der Waals surface area contributed by atoms with Crippen molar-refractivity contribution in [1.29, 1.82) is 0 Å². The van der Waals surface area contributed by atoms with Crippen LogP contribution in [0, 0.1) is 0 Å². The van der Waals surface area contributed by atoms with E-state index in [-0.39, 0.29) is 12.2 Å². The van der Waals surface area contributed by atoms with E-state index in [2.05, 4.69) is 0 Å². The Hall–Kier alpha value is -0.200. The number of ether oxygens (including phenoxy) is 4. The van der Waals surface area contributed by atoms with Crippen LogP contribution in [0.25, 0.3) is 0 Å². The second kappa shape index (κ2) is 2.73. The van der Waals surface area contributed by atoms with Gasteiger partial charge in [-0.15, -0.1) is 0 Å². The van der Waals surface area contributed by atoms with Crippen LogP contribution in [0.4, 0.5) is 0 Å². The Bertz CT molecular complexity index is 292. The van der Waals surface area contributed by atoms with Gasteiger partial charge in [0.15, 0.2) is 12.1 Å². The number of methoxy groups -OCH3 is 1. The van der Waals surface area contributed by atoms with Gasteiger partial charge in [0.2, 0.25) is 0 Å². The summed E-state index contributed by atoms with van der Waals surface area (Å²) in [4.78, 5) is 0. The lowest BCUT2D eigenvalue weighted by Gasteiger charge is -2.23. The molecule has 86 valence electrons. The van der Waals surface area contributed by atoms with E-state index in [0.717, 1.165) is 0 Å². The highest BCUT2D eigenvalue weighted by molar-refractivity contribution is 5.19. The molecular formula is C10H16O5. The van der Waals surface area contributed by atoms with Crippen LogP contribution in [0.2, 0.25) is 0 Å². The average molecular weight is 216 g/mol. The predicted octanol–water partition coefficient (Wildman–Crippen LogP) is 0.0126. The van der Waals surface area contributed by atoms with Crippen molar-refractivity contribution in [3.63, 3.8) is 0 Å². The lowest BCUT2D eigenvalue weighted by Crippen LogP contribution is -2.34. The first-order valence-electron chi connectivity index (χ1n) is 5.23. The zero-order valence-electron chi connectivity index (χ0n) is 9.10. The van der Waals surface area contributed by atoms with Gasteiger partial charge in [0.05, 0.1) is 6.10 Å². The first-order chi connectivity index (χ1) is 6.98. The summed E-state index contributed by atoms with van der Waals surface area (Å²) in [5.74, 6) is -0.620. The highest BCUT2D eigenvalue weighted by atomic mass is 16.8. The summed E-state index contributed by atoms with van der Waals surface area (Å²) < 4.78 is 22.3. The van der Waals surface area contributed by atoms with Crippen molar-refractivity contribution < 1.29 is 24.1 Å². The van der Waals surface area contributed by atoms with Gasteiger partial charge < -0.3 is 24.1 Å². The monoisotopic (exact) mass is 216 g/mol. The maximum absolute atomic E-state index is 9.63. The van der Waals surface area contributed by atoms with Gasteiger partial charge in [0.25, 0.3) is 0 Å². The zero-order valence-corrected chi connectivity index (χ0v) is 9.10. The summed E-state index contributed by atoms with van der Waals surface area (Å²) in [7, 11) is 1.57. The number of hydrogen-bond donors (Lipinski definition) is 1. The molecule has 1 N–H and O–H groups in total. The second-order valence-corrected chi connectivity index (χ2v) is 4.92. The van der Waals surface area contributed by atoms with E-state index in [0.29, 0.717) is 6.42 Å². The van der Waals surface area contributed by atoms with Gasteiger partial charge in [-0.25, -0.2) is 0 Å². The Morgan fingerprint density at radius 2 is 1.93 bits per heavy atom. The SMILES string of the molecule is COC1O[C@@]2(C[C@H]2O)[C@@H]2OC(C)(C)OC12. The number of rotatable bonds is 1. The molecule has 3 aliphatic rings. The quantitative estimate of drug-likeness (QED) is 0.669. The van der Waals surface area contributed by atoms with E-state index in [4.69, 9.17) is 18.9 Å². The minimum Gasteiger partial charge on any atom is -0.390 e. The van der Waals surface area contributed by atoms with Gasteiger partial charge in [-0.3, -0.25) is 0 Å². The van der Waals surface area contributed by atoms with Gasteiger partial charge in [-0.2, -0.15) is 0 Å². The van der Waals surface area contributed by atoms with Crippen molar-refractivity contribution in [2.75, 3.05) is 7.11 Å². The standard InChI is InChI=1S/C10H16O5/c1-9(2)13-6-7(14-9)10(4-5(10)11)15-8(6)12-3/h5-8,11H,4H2,1-3H3/t5-,6?,7-,8?,10-/m1/s1. The van der Waals surface area contributed by atoms with E-state index in [1.165, 1.54) is 0 Å². The molecular weight excluding hydrogens is 200 g/mol. The summed E-state index contributed by atoms with van der Waals surface area (Å²) in [6.45, 7) is 3.72. The predicted molar refractivity (Wildman–Crippen MR) is 49.1 cm³/mol. The smallest absolute Gasteiger partial charge is 0.187 e. The van der Waals surface area contributed by atoms with E-state index in [1.807, 2.05) is 13.8 Å². The van der Waals surface area contributed by atoms with Gasteiger partial charge in [-0.1, -0.05) is 0 Å². The highest BCUT2D eigenvalue weighted by Gasteiger charge is 2.73. The van der Waals surface area contributed by atoms with Crippen LogP contribution in [0.5, 0.6) is 0 Å². The van der Waals surface area contributed by atoms with Crippen LogP contribution in [-0.2, 0) is 18.9 Å². The van der Waals surface area contributed by atoms with E-state index < -0.39 is 23.8 Å². The minimum atomic E-state index is -0.620.